The van der Waals surface area contributed by atoms with Crippen molar-refractivity contribution in [3.05, 3.63) is 0 Å². The van der Waals surface area contributed by atoms with Crippen LogP contribution in [0.5, 0.6) is 0 Å². The summed E-state index contributed by atoms with van der Waals surface area (Å²) in [6.45, 7) is 0.276. The first-order valence-corrected chi connectivity index (χ1v) is 9.00. The zero-order valence-corrected chi connectivity index (χ0v) is 14.6. The van der Waals surface area contributed by atoms with E-state index in [0.717, 1.165) is 25.0 Å². The molecule has 1 aliphatic rings. The van der Waals surface area contributed by atoms with Crippen molar-refractivity contribution >= 4 is 35.6 Å². The average Bonchev–Trinajstić information content (AvgIpc) is 2.81. The van der Waals surface area contributed by atoms with Crippen molar-refractivity contribution in [1.82, 2.24) is 10.2 Å². The van der Waals surface area contributed by atoms with Crippen LogP contribution in [-0.2, 0) is 19.1 Å². The van der Waals surface area contributed by atoms with Crippen LogP contribution in [0.4, 0.5) is 4.79 Å². The molecule has 0 bridgehead atoms. The zero-order chi connectivity index (χ0) is 17.9. The number of nitrogens with zero attached hydrogens (tertiary/aromatic N) is 1. The Labute approximate surface area is 145 Å². The SMILES string of the molecule is CNC(=O)CCN1C(=O)CC(SCCCCCCOC(=O)[O-])C1=O. The van der Waals surface area contributed by atoms with Crippen molar-refractivity contribution in [2.75, 3.05) is 26.0 Å². The fraction of sp³-hybridized carbons (Fsp3) is 0.733. The van der Waals surface area contributed by atoms with E-state index in [1.807, 2.05) is 0 Å². The number of rotatable bonds is 11. The maximum atomic E-state index is 12.2. The van der Waals surface area contributed by atoms with Crippen LogP contribution in [0, 0.1) is 0 Å². The molecule has 0 spiro atoms. The average molecular weight is 359 g/mol. The van der Waals surface area contributed by atoms with Crippen LogP contribution in [0.15, 0.2) is 0 Å². The first-order chi connectivity index (χ1) is 11.5. The van der Waals surface area contributed by atoms with Crippen molar-refractivity contribution in [3.63, 3.8) is 0 Å². The lowest BCUT2D eigenvalue weighted by atomic mass is 10.2. The maximum Gasteiger partial charge on any atom is 0.251 e. The van der Waals surface area contributed by atoms with Gasteiger partial charge < -0.3 is 20.0 Å². The third-order valence-electron chi connectivity index (χ3n) is 3.62. The van der Waals surface area contributed by atoms with E-state index in [1.165, 1.54) is 23.7 Å². The van der Waals surface area contributed by atoms with Crippen molar-refractivity contribution in [3.8, 4) is 0 Å². The largest absolute Gasteiger partial charge is 0.550 e. The van der Waals surface area contributed by atoms with Gasteiger partial charge >= 0.3 is 0 Å². The molecule has 1 N–H and O–H groups in total. The number of unbranched alkanes of at least 4 members (excludes halogenated alkanes) is 3. The number of amides is 3. The van der Waals surface area contributed by atoms with Crippen LogP contribution in [0.25, 0.3) is 0 Å². The molecule has 0 saturated carbocycles. The number of carbonyl (C=O) groups excluding carboxylic acids is 4. The van der Waals surface area contributed by atoms with E-state index < -0.39 is 6.16 Å². The minimum atomic E-state index is -1.50. The molecule has 3 amide bonds. The summed E-state index contributed by atoms with van der Waals surface area (Å²) in [6.07, 6.45) is 2.08. The second-order valence-corrected chi connectivity index (χ2v) is 6.69. The molecule has 0 radical (unpaired) electrons. The summed E-state index contributed by atoms with van der Waals surface area (Å²) in [5.74, 6) is 0.125. The molecular formula is C15H23N2O6S-. The highest BCUT2D eigenvalue weighted by molar-refractivity contribution is 8.00. The van der Waals surface area contributed by atoms with Crippen molar-refractivity contribution < 1.29 is 29.0 Å². The molecule has 0 aliphatic carbocycles. The molecule has 1 atom stereocenters. The molecular weight excluding hydrogens is 336 g/mol. The van der Waals surface area contributed by atoms with Gasteiger partial charge in [-0.3, -0.25) is 19.3 Å². The number of likely N-dealkylation sites (tertiary alicyclic amines) is 1. The van der Waals surface area contributed by atoms with Crippen molar-refractivity contribution in [1.29, 1.82) is 0 Å². The van der Waals surface area contributed by atoms with E-state index in [0.29, 0.717) is 6.42 Å². The number of nitrogens with one attached hydrogen (secondary N) is 1. The number of hydrogen-bond donors (Lipinski definition) is 1. The van der Waals surface area contributed by atoms with Gasteiger partial charge in [0.1, 0.15) is 0 Å². The second-order valence-electron chi connectivity index (χ2n) is 5.38. The van der Waals surface area contributed by atoms with Gasteiger partial charge in [0.05, 0.1) is 5.25 Å². The van der Waals surface area contributed by atoms with Crippen LogP contribution in [0.2, 0.25) is 0 Å². The Balaban J connectivity index is 2.15. The van der Waals surface area contributed by atoms with Gasteiger partial charge in [0.25, 0.3) is 6.16 Å². The Morgan fingerprint density at radius 3 is 2.67 bits per heavy atom. The summed E-state index contributed by atoms with van der Waals surface area (Å²) in [5.41, 5.74) is 0. The Morgan fingerprint density at radius 2 is 2.00 bits per heavy atom. The lowest BCUT2D eigenvalue weighted by molar-refractivity contribution is -0.282. The fourth-order valence-corrected chi connectivity index (χ4v) is 3.48. The zero-order valence-electron chi connectivity index (χ0n) is 13.7. The van der Waals surface area contributed by atoms with E-state index in [4.69, 9.17) is 0 Å². The number of ether oxygens (including phenoxy) is 1. The molecule has 1 heterocycles. The quantitative estimate of drug-likeness (QED) is 0.311. The molecule has 136 valence electrons. The first kappa shape index (κ1) is 20.3. The number of imide groups is 1. The van der Waals surface area contributed by atoms with Gasteiger partial charge in [-0.05, 0) is 18.6 Å². The summed E-state index contributed by atoms with van der Waals surface area (Å²) >= 11 is 1.46. The van der Waals surface area contributed by atoms with Gasteiger partial charge in [0, 0.05) is 33.0 Å². The molecule has 24 heavy (non-hydrogen) atoms. The van der Waals surface area contributed by atoms with Gasteiger partial charge in [-0.25, -0.2) is 0 Å². The predicted octanol–water partition coefficient (Wildman–Crippen LogP) is -0.0965. The maximum absolute atomic E-state index is 12.2. The van der Waals surface area contributed by atoms with Gasteiger partial charge in [-0.15, -0.1) is 11.8 Å². The smallest absolute Gasteiger partial charge is 0.251 e. The number of carbonyl (C=O) groups is 4. The Morgan fingerprint density at radius 1 is 1.29 bits per heavy atom. The first-order valence-electron chi connectivity index (χ1n) is 7.96. The van der Waals surface area contributed by atoms with Crippen LogP contribution in [0.1, 0.15) is 38.5 Å². The molecule has 0 aromatic rings. The Kier molecular flexibility index (Phi) is 9.21. The molecule has 9 heteroatoms. The normalized spacial score (nSPS) is 17.2. The summed E-state index contributed by atoms with van der Waals surface area (Å²) < 4.78 is 4.30. The minimum absolute atomic E-state index is 0.124. The summed E-state index contributed by atoms with van der Waals surface area (Å²) in [4.78, 5) is 46.4. The fourth-order valence-electron chi connectivity index (χ4n) is 2.30. The van der Waals surface area contributed by atoms with Gasteiger partial charge in [0.2, 0.25) is 17.7 Å². The summed E-state index contributed by atoms with van der Waals surface area (Å²) in [5, 5.41) is 12.1. The predicted molar refractivity (Wildman–Crippen MR) is 86.1 cm³/mol. The summed E-state index contributed by atoms with van der Waals surface area (Å²) in [7, 11) is 1.51. The van der Waals surface area contributed by atoms with E-state index >= 15 is 0 Å². The van der Waals surface area contributed by atoms with Crippen molar-refractivity contribution in [2.45, 2.75) is 43.8 Å². The standard InChI is InChI=1S/C15H24N2O6S/c1-16-12(18)6-7-17-13(19)10-11(14(17)20)24-9-5-3-2-4-8-23-15(21)22/h11H,2-10H2,1H3,(H,16,18)(H,21,22)/p-1. The van der Waals surface area contributed by atoms with Gasteiger partial charge in [-0.1, -0.05) is 12.8 Å². The lowest BCUT2D eigenvalue weighted by Crippen LogP contribution is -2.34. The molecule has 0 aromatic heterocycles. The number of hydrogen-bond acceptors (Lipinski definition) is 7. The second kappa shape index (κ2) is 10.9. The Hall–Kier alpha value is -1.77. The highest BCUT2D eigenvalue weighted by Crippen LogP contribution is 2.26. The van der Waals surface area contributed by atoms with E-state index in [1.54, 1.807) is 0 Å². The molecule has 0 aromatic carbocycles. The van der Waals surface area contributed by atoms with Crippen molar-refractivity contribution in [2.24, 2.45) is 0 Å². The van der Waals surface area contributed by atoms with E-state index in [-0.39, 0.29) is 49.0 Å². The minimum Gasteiger partial charge on any atom is -0.550 e. The van der Waals surface area contributed by atoms with Gasteiger partial charge in [-0.2, -0.15) is 0 Å². The third-order valence-corrected chi connectivity index (χ3v) is 4.92. The topological polar surface area (TPSA) is 116 Å². The van der Waals surface area contributed by atoms with Crippen LogP contribution in [0.3, 0.4) is 0 Å². The highest BCUT2D eigenvalue weighted by atomic mass is 32.2. The highest BCUT2D eigenvalue weighted by Gasteiger charge is 2.38. The number of thioether (sulfide) groups is 1. The summed E-state index contributed by atoms with van der Waals surface area (Å²) in [6, 6.07) is 0. The lowest BCUT2D eigenvalue weighted by Gasteiger charge is -2.14. The molecule has 1 rings (SSSR count). The Bertz CT molecular complexity index is 471. The number of carboxylic acid groups (broad SMARTS) is 1. The monoisotopic (exact) mass is 359 g/mol. The molecule has 8 nitrogen and oxygen atoms in total. The molecule has 1 unspecified atom stereocenters. The van der Waals surface area contributed by atoms with E-state index in [9.17, 15) is 24.3 Å². The van der Waals surface area contributed by atoms with E-state index in [2.05, 4.69) is 10.1 Å². The molecule has 1 saturated heterocycles. The molecule has 1 fully saturated rings. The van der Waals surface area contributed by atoms with Gasteiger partial charge in [0.15, 0.2) is 0 Å². The van der Waals surface area contributed by atoms with Crippen LogP contribution >= 0.6 is 11.8 Å². The molecule has 1 aliphatic heterocycles. The third kappa shape index (κ3) is 7.20. The van der Waals surface area contributed by atoms with Crippen LogP contribution in [-0.4, -0.2) is 60.0 Å². The van der Waals surface area contributed by atoms with Crippen LogP contribution < -0.4 is 10.4 Å².